The Morgan fingerprint density at radius 2 is 1.81 bits per heavy atom. The van der Waals surface area contributed by atoms with Crippen LogP contribution in [-0.2, 0) is 19.3 Å². The lowest BCUT2D eigenvalue weighted by Crippen LogP contribution is -2.17. The Labute approximate surface area is 184 Å². The standard InChI is InChI=1S/C26H22FN3O2/c1-2-20-11-12-21(32-20)15-23-26(31)30-16-24(18-8-4-3-5-9-18)28-22(25(30)29-23)14-17-7-6-10-19(27)13-17/h3-13,16,28H,2,14-15H2,1H3. The third kappa shape index (κ3) is 3.87. The number of nitrogens with zero attached hydrogens (tertiary/aromatic N) is 2. The average Bonchev–Trinajstić information content (AvgIpc) is 3.39. The molecular weight excluding hydrogens is 405 g/mol. The number of rotatable bonds is 6. The van der Waals surface area contributed by atoms with Gasteiger partial charge in [0.2, 0.25) is 0 Å². The molecule has 2 aliphatic rings. The molecule has 0 amide bonds. The van der Waals surface area contributed by atoms with E-state index in [1.54, 1.807) is 16.8 Å². The molecule has 0 unspecified atom stereocenters. The second kappa shape index (κ2) is 8.30. The zero-order valence-corrected chi connectivity index (χ0v) is 17.6. The molecule has 0 saturated heterocycles. The van der Waals surface area contributed by atoms with Crippen LogP contribution in [0.2, 0.25) is 0 Å². The van der Waals surface area contributed by atoms with Crippen LogP contribution in [0, 0.1) is 5.82 Å². The summed E-state index contributed by atoms with van der Waals surface area (Å²) in [7, 11) is 0. The van der Waals surface area contributed by atoms with E-state index in [0.29, 0.717) is 30.1 Å². The fraction of sp³-hybridized carbons (Fsp3) is 0.154. The maximum atomic E-state index is 13.8. The molecule has 0 saturated carbocycles. The normalized spacial score (nSPS) is 11.3. The lowest BCUT2D eigenvalue weighted by atomic mass is 10.1. The summed E-state index contributed by atoms with van der Waals surface area (Å²) < 4.78 is 21.1. The van der Waals surface area contributed by atoms with E-state index in [9.17, 15) is 9.18 Å². The van der Waals surface area contributed by atoms with E-state index in [0.717, 1.165) is 34.7 Å². The van der Waals surface area contributed by atoms with Crippen molar-refractivity contribution < 1.29 is 8.81 Å². The lowest BCUT2D eigenvalue weighted by molar-refractivity contribution is 0.477. The summed E-state index contributed by atoms with van der Waals surface area (Å²) >= 11 is 0. The van der Waals surface area contributed by atoms with Gasteiger partial charge in [0.25, 0.3) is 5.56 Å². The van der Waals surface area contributed by atoms with Crippen LogP contribution in [0.15, 0.2) is 82.1 Å². The first-order valence-electron chi connectivity index (χ1n) is 10.6. The first-order chi connectivity index (χ1) is 15.6. The number of hydrogen-bond acceptors (Lipinski definition) is 3. The van der Waals surface area contributed by atoms with Gasteiger partial charge in [-0.3, -0.25) is 9.36 Å². The van der Waals surface area contributed by atoms with Gasteiger partial charge in [-0.2, -0.15) is 0 Å². The van der Waals surface area contributed by atoms with Crippen LogP contribution < -0.4 is 5.56 Å². The SMILES string of the molecule is CCc1ccc(Cc2nc3c(Cc4cccc(F)c4)[nH]c(-c4ccccc4)cn-3c2=O)o1. The van der Waals surface area contributed by atoms with Crippen molar-refractivity contribution in [2.24, 2.45) is 0 Å². The highest BCUT2D eigenvalue weighted by Crippen LogP contribution is 2.24. The molecule has 0 bridgehead atoms. The molecule has 0 aliphatic carbocycles. The van der Waals surface area contributed by atoms with E-state index < -0.39 is 0 Å². The van der Waals surface area contributed by atoms with Gasteiger partial charge in [0.05, 0.1) is 17.8 Å². The summed E-state index contributed by atoms with van der Waals surface area (Å²) in [6.07, 6.45) is 3.31. The van der Waals surface area contributed by atoms with Crippen LogP contribution in [-0.4, -0.2) is 14.5 Å². The van der Waals surface area contributed by atoms with Crippen molar-refractivity contribution in [3.63, 3.8) is 0 Å². The summed E-state index contributed by atoms with van der Waals surface area (Å²) in [6, 6.07) is 20.0. The molecule has 1 N–H and O–H groups in total. The van der Waals surface area contributed by atoms with E-state index in [4.69, 9.17) is 4.42 Å². The first-order valence-corrected chi connectivity index (χ1v) is 10.6. The van der Waals surface area contributed by atoms with Crippen LogP contribution in [0.5, 0.6) is 0 Å². The molecule has 2 aliphatic heterocycles. The molecule has 3 heterocycles. The Morgan fingerprint density at radius 1 is 1.00 bits per heavy atom. The number of imidazole rings is 1. The maximum absolute atomic E-state index is 13.8. The molecule has 1 aromatic heterocycles. The number of halogens is 1. The van der Waals surface area contributed by atoms with Crippen LogP contribution in [0.1, 0.15) is 35.4 Å². The predicted molar refractivity (Wildman–Crippen MR) is 121 cm³/mol. The fourth-order valence-corrected chi connectivity index (χ4v) is 3.90. The number of aromatic amines is 1. The van der Waals surface area contributed by atoms with Crippen molar-refractivity contribution in [2.75, 3.05) is 0 Å². The topological polar surface area (TPSA) is 63.8 Å². The third-order valence-corrected chi connectivity index (χ3v) is 5.51. The minimum atomic E-state index is -0.296. The number of aromatic nitrogens is 3. The molecule has 0 radical (unpaired) electrons. The van der Waals surface area contributed by atoms with Crippen LogP contribution in [0.25, 0.3) is 17.1 Å². The van der Waals surface area contributed by atoms with Crippen molar-refractivity contribution in [1.82, 2.24) is 14.5 Å². The molecule has 32 heavy (non-hydrogen) atoms. The van der Waals surface area contributed by atoms with Gasteiger partial charge in [0.1, 0.15) is 23.0 Å². The number of furan rings is 1. The second-order valence-corrected chi connectivity index (χ2v) is 7.77. The monoisotopic (exact) mass is 427 g/mol. The largest absolute Gasteiger partial charge is 0.466 e. The van der Waals surface area contributed by atoms with Gasteiger partial charge < -0.3 is 9.40 Å². The summed E-state index contributed by atoms with van der Waals surface area (Å²) in [5.41, 5.74) is 3.51. The molecule has 2 aromatic carbocycles. The second-order valence-electron chi connectivity index (χ2n) is 7.77. The highest BCUT2D eigenvalue weighted by Gasteiger charge is 2.21. The van der Waals surface area contributed by atoms with Crippen LogP contribution in [0.3, 0.4) is 0 Å². The van der Waals surface area contributed by atoms with Gasteiger partial charge in [-0.1, -0.05) is 49.4 Å². The Balaban J connectivity index is 1.63. The molecule has 3 aromatic rings. The van der Waals surface area contributed by atoms with Gasteiger partial charge in [-0.05, 0) is 35.4 Å². The Kier molecular flexibility index (Phi) is 5.19. The molecular formula is C26H22FN3O2. The van der Waals surface area contributed by atoms with Crippen LogP contribution in [0.4, 0.5) is 4.39 Å². The van der Waals surface area contributed by atoms with Gasteiger partial charge >= 0.3 is 0 Å². The smallest absolute Gasteiger partial charge is 0.278 e. The van der Waals surface area contributed by atoms with Crippen molar-refractivity contribution in [2.45, 2.75) is 26.2 Å². The third-order valence-electron chi connectivity index (χ3n) is 5.51. The predicted octanol–water partition coefficient (Wildman–Crippen LogP) is 5.14. The zero-order chi connectivity index (χ0) is 22.1. The first kappa shape index (κ1) is 20.0. The van der Waals surface area contributed by atoms with E-state index in [-0.39, 0.29) is 11.4 Å². The number of aryl methyl sites for hydroxylation is 1. The van der Waals surface area contributed by atoms with E-state index in [2.05, 4.69) is 9.97 Å². The highest BCUT2D eigenvalue weighted by molar-refractivity contribution is 5.60. The van der Waals surface area contributed by atoms with Gasteiger partial charge in [-0.15, -0.1) is 0 Å². The number of nitrogens with one attached hydrogen (secondary N) is 1. The van der Waals surface area contributed by atoms with Gasteiger partial charge in [0.15, 0.2) is 5.82 Å². The Bertz CT molecular complexity index is 1400. The Hall–Kier alpha value is -3.93. The zero-order valence-electron chi connectivity index (χ0n) is 17.6. The molecule has 5 rings (SSSR count). The number of fused-ring (bicyclic) bond motifs is 1. The van der Waals surface area contributed by atoms with Gasteiger partial charge in [-0.25, -0.2) is 9.37 Å². The Morgan fingerprint density at radius 3 is 2.56 bits per heavy atom. The maximum Gasteiger partial charge on any atom is 0.278 e. The quantitative estimate of drug-likeness (QED) is 0.408. The molecule has 0 spiro atoms. The van der Waals surface area contributed by atoms with Crippen molar-refractivity contribution in [3.05, 3.63) is 118 Å². The molecule has 160 valence electrons. The fourth-order valence-electron chi connectivity index (χ4n) is 3.90. The minimum absolute atomic E-state index is 0.180. The van der Waals surface area contributed by atoms with Crippen molar-refractivity contribution in [3.8, 4) is 17.1 Å². The van der Waals surface area contributed by atoms with Crippen molar-refractivity contribution in [1.29, 1.82) is 0 Å². The molecule has 0 fully saturated rings. The number of H-pyrrole nitrogens is 1. The van der Waals surface area contributed by atoms with Crippen LogP contribution >= 0.6 is 0 Å². The summed E-state index contributed by atoms with van der Waals surface area (Å²) in [5.74, 6) is 1.83. The van der Waals surface area contributed by atoms with E-state index in [1.165, 1.54) is 12.1 Å². The van der Waals surface area contributed by atoms with Crippen molar-refractivity contribution >= 4 is 0 Å². The molecule has 5 nitrogen and oxygen atoms in total. The summed E-state index contributed by atoms with van der Waals surface area (Å²) in [4.78, 5) is 21.3. The van der Waals surface area contributed by atoms with Gasteiger partial charge in [0, 0.05) is 19.0 Å². The molecule has 0 atom stereocenters. The molecule has 6 heteroatoms. The number of hydrogen-bond donors (Lipinski definition) is 1. The summed E-state index contributed by atoms with van der Waals surface area (Å²) in [6.45, 7) is 2.02. The highest BCUT2D eigenvalue weighted by atomic mass is 19.1. The number of benzene rings is 2. The summed E-state index contributed by atoms with van der Waals surface area (Å²) in [5, 5.41) is 0. The lowest BCUT2D eigenvalue weighted by Gasteiger charge is -2.13. The average molecular weight is 427 g/mol. The van der Waals surface area contributed by atoms with E-state index in [1.807, 2.05) is 55.5 Å². The minimum Gasteiger partial charge on any atom is -0.466 e. The van der Waals surface area contributed by atoms with E-state index >= 15 is 0 Å².